The zero-order valence-electron chi connectivity index (χ0n) is 15.8. The summed E-state index contributed by atoms with van der Waals surface area (Å²) in [4.78, 5) is 39.0. The van der Waals surface area contributed by atoms with Gasteiger partial charge in [0.1, 0.15) is 19.1 Å². The van der Waals surface area contributed by atoms with Crippen LogP contribution in [0.5, 0.6) is 0 Å². The van der Waals surface area contributed by atoms with Gasteiger partial charge < -0.3 is 40.1 Å². The van der Waals surface area contributed by atoms with Crippen molar-refractivity contribution in [2.45, 2.75) is 23.9 Å². The molecule has 2 heterocycles. The van der Waals surface area contributed by atoms with E-state index in [9.17, 15) is 32.5 Å². The molecular weight excluding hydrogens is 535 g/mol. The van der Waals surface area contributed by atoms with E-state index in [2.05, 4.69) is 29.5 Å². The van der Waals surface area contributed by atoms with Gasteiger partial charge in [-0.05, 0) is 0 Å². The second-order valence-electron chi connectivity index (χ2n) is 6.38. The van der Waals surface area contributed by atoms with Crippen LogP contribution in [-0.2, 0) is 31.6 Å². The number of nitrogens with zero attached hydrogens (tertiary/aromatic N) is 2. The number of aliphatic hydroxyl groups excluding tert-OH is 1. The van der Waals surface area contributed by atoms with Gasteiger partial charge in [0, 0.05) is 6.20 Å². The van der Waals surface area contributed by atoms with Crippen LogP contribution in [0.2, 0.25) is 0 Å². The lowest BCUT2D eigenvalue weighted by atomic mass is 9.96. The van der Waals surface area contributed by atoms with Crippen molar-refractivity contribution in [3.8, 4) is 0 Å². The molecule has 22 heteroatoms. The Labute approximate surface area is 181 Å². The first-order valence-corrected chi connectivity index (χ1v) is 12.5. The maximum atomic E-state index is 15.1. The Bertz CT molecular complexity index is 1020. The normalized spacial score (nSPS) is 34.5. The molecule has 0 aromatic heterocycles. The molecule has 2 rings (SSSR count). The lowest BCUT2D eigenvalue weighted by Crippen LogP contribution is -2.53. The predicted molar refractivity (Wildman–Crippen MR) is 96.1 cm³/mol. The van der Waals surface area contributed by atoms with Gasteiger partial charge in [0.05, 0.1) is 0 Å². The van der Waals surface area contributed by atoms with Crippen LogP contribution in [0, 0.1) is 0 Å². The molecule has 0 radical (unpaired) electrons. The van der Waals surface area contributed by atoms with E-state index in [0.29, 0.717) is 11.1 Å². The maximum absolute atomic E-state index is 15.1. The third-order valence-corrected chi connectivity index (χ3v) is 7.71. The zero-order valence-corrected chi connectivity index (χ0v) is 18.5. The summed E-state index contributed by atoms with van der Waals surface area (Å²) >= 11 is 0. The topological polar surface area (TPSA) is 231 Å². The SMILES string of the molecule is C=C1N=C(N)C(F)=CN1[C@@H]1O[C@](F)(COP(=O)(O)OP(=O)(O)OP(=O)(O)O)[C@H](O)C1(F)CF. The summed E-state index contributed by atoms with van der Waals surface area (Å²) in [6.07, 6.45) is -5.26. The highest BCUT2D eigenvalue weighted by Crippen LogP contribution is 2.66. The molecule has 1 fully saturated rings. The van der Waals surface area contributed by atoms with Crippen LogP contribution in [0.3, 0.4) is 0 Å². The average molecular weight is 551 g/mol. The van der Waals surface area contributed by atoms with E-state index in [-0.39, 0.29) is 0 Å². The number of aliphatic hydroxyl groups is 1. The zero-order chi connectivity index (χ0) is 25.6. The second-order valence-corrected chi connectivity index (χ2v) is 10.8. The average Bonchev–Trinajstić information content (AvgIpc) is 2.82. The lowest BCUT2D eigenvalue weighted by Gasteiger charge is -2.34. The number of alkyl halides is 3. The first-order valence-electron chi connectivity index (χ1n) is 8.02. The van der Waals surface area contributed by atoms with E-state index in [4.69, 9.17) is 20.4 Å². The molecule has 0 saturated carbocycles. The molecule has 0 spiro atoms. The fourth-order valence-electron chi connectivity index (χ4n) is 2.57. The molecular formula is C11H16F4N3O12P3. The maximum Gasteiger partial charge on any atom is 0.490 e. The van der Waals surface area contributed by atoms with Gasteiger partial charge in [-0.2, -0.15) is 8.62 Å². The summed E-state index contributed by atoms with van der Waals surface area (Å²) in [6, 6.07) is 0. The summed E-state index contributed by atoms with van der Waals surface area (Å²) in [6.45, 7) is -0.889. The van der Waals surface area contributed by atoms with Gasteiger partial charge in [-0.15, -0.1) is 0 Å². The number of rotatable bonds is 9. The number of phosphoric acid groups is 3. The van der Waals surface area contributed by atoms with Crippen LogP contribution < -0.4 is 5.73 Å². The number of aliphatic imine (C=N–C) groups is 1. The van der Waals surface area contributed by atoms with Crippen LogP contribution in [0.4, 0.5) is 17.6 Å². The molecule has 190 valence electrons. The number of ether oxygens (including phenoxy) is 1. The molecule has 2 aliphatic heterocycles. The van der Waals surface area contributed by atoms with Gasteiger partial charge >= 0.3 is 23.5 Å². The van der Waals surface area contributed by atoms with Gasteiger partial charge in [0.2, 0.25) is 5.67 Å². The van der Waals surface area contributed by atoms with Crippen molar-refractivity contribution < 1.29 is 73.8 Å². The van der Waals surface area contributed by atoms with Crippen molar-refractivity contribution in [1.29, 1.82) is 0 Å². The Morgan fingerprint density at radius 2 is 1.79 bits per heavy atom. The van der Waals surface area contributed by atoms with Crippen molar-refractivity contribution in [1.82, 2.24) is 4.90 Å². The number of hydrogen-bond acceptors (Lipinski definition) is 11. The van der Waals surface area contributed by atoms with Gasteiger partial charge in [-0.3, -0.25) is 4.52 Å². The summed E-state index contributed by atoms with van der Waals surface area (Å²) in [5, 5.41) is 9.98. The Morgan fingerprint density at radius 3 is 2.30 bits per heavy atom. The van der Waals surface area contributed by atoms with E-state index in [1.807, 2.05) is 0 Å². The van der Waals surface area contributed by atoms with E-state index in [1.165, 1.54) is 0 Å². The van der Waals surface area contributed by atoms with Crippen LogP contribution in [-0.4, -0.2) is 72.6 Å². The number of hydrogen-bond donors (Lipinski definition) is 6. The largest absolute Gasteiger partial charge is 0.490 e. The molecule has 2 aliphatic rings. The summed E-state index contributed by atoms with van der Waals surface area (Å²) < 4.78 is 106. The summed E-state index contributed by atoms with van der Waals surface area (Å²) in [5.41, 5.74) is 1.50. The number of halogens is 4. The minimum atomic E-state index is -5.98. The van der Waals surface area contributed by atoms with E-state index >= 15 is 8.78 Å². The molecule has 6 atom stereocenters. The molecule has 7 N–H and O–H groups in total. The summed E-state index contributed by atoms with van der Waals surface area (Å²) in [5.74, 6) is -6.49. The monoisotopic (exact) mass is 551 g/mol. The van der Waals surface area contributed by atoms with Crippen molar-refractivity contribution in [3.63, 3.8) is 0 Å². The minimum Gasteiger partial charge on any atom is -0.383 e. The van der Waals surface area contributed by atoms with Crippen LogP contribution in [0.25, 0.3) is 0 Å². The van der Waals surface area contributed by atoms with Gasteiger partial charge in [0.15, 0.2) is 24.0 Å². The van der Waals surface area contributed by atoms with Gasteiger partial charge in [-0.25, -0.2) is 36.2 Å². The van der Waals surface area contributed by atoms with Crippen LogP contribution in [0.1, 0.15) is 0 Å². The first-order chi connectivity index (χ1) is 14.8. The molecule has 1 saturated heterocycles. The third-order valence-electron chi connectivity index (χ3n) is 3.92. The molecule has 0 bridgehead atoms. The summed E-state index contributed by atoms with van der Waals surface area (Å²) in [7, 11) is -17.6. The molecule has 0 aliphatic carbocycles. The Morgan fingerprint density at radius 1 is 1.21 bits per heavy atom. The van der Waals surface area contributed by atoms with Crippen molar-refractivity contribution in [3.05, 3.63) is 24.4 Å². The standard InChI is InChI=1S/C11H16F4N3O12P3/c1-5-17-7(16)6(13)2-18(5)9-10(14,3-12)8(19)11(15,28-9)4-27-32(23,24)30-33(25,26)29-31(20,21)22/h2,8-9,19H,1,3-4H2,(H2,16,17)(H,23,24)(H,25,26)(H2,20,21,22)/t8-,9-,10?,11-/m1/s1. The minimum absolute atomic E-state index is 0.320. The second kappa shape index (κ2) is 9.11. The molecule has 15 nitrogen and oxygen atoms in total. The Balaban J connectivity index is 2.24. The first kappa shape index (κ1) is 28.0. The highest BCUT2D eigenvalue weighted by atomic mass is 31.3. The van der Waals surface area contributed by atoms with Crippen molar-refractivity contribution >= 4 is 29.3 Å². The third kappa shape index (κ3) is 6.28. The number of nitrogens with two attached hydrogens (primary N) is 1. The Kier molecular flexibility index (Phi) is 7.74. The van der Waals surface area contributed by atoms with E-state index < -0.39 is 78.1 Å². The predicted octanol–water partition coefficient (Wildman–Crippen LogP) is 0.345. The smallest absolute Gasteiger partial charge is 0.383 e. The fraction of sp³-hybridized carbons (Fsp3) is 0.545. The molecule has 0 amide bonds. The fourth-order valence-corrected chi connectivity index (χ4v) is 5.60. The highest BCUT2D eigenvalue weighted by molar-refractivity contribution is 7.66. The number of phosphoric ester groups is 1. The molecule has 3 unspecified atom stereocenters. The Hall–Kier alpha value is -1.20. The van der Waals surface area contributed by atoms with E-state index in [1.54, 1.807) is 0 Å². The molecule has 0 aromatic rings. The van der Waals surface area contributed by atoms with Crippen molar-refractivity contribution in [2.75, 3.05) is 13.3 Å². The van der Waals surface area contributed by atoms with Crippen LogP contribution in [0.15, 0.2) is 29.4 Å². The van der Waals surface area contributed by atoms with E-state index in [0.717, 1.165) is 0 Å². The van der Waals surface area contributed by atoms with Gasteiger partial charge in [-0.1, -0.05) is 6.58 Å². The highest BCUT2D eigenvalue weighted by Gasteiger charge is 2.68. The van der Waals surface area contributed by atoms with Crippen molar-refractivity contribution in [2.24, 2.45) is 10.7 Å². The van der Waals surface area contributed by atoms with Gasteiger partial charge in [0.25, 0.3) is 5.85 Å². The van der Waals surface area contributed by atoms with Crippen LogP contribution >= 0.6 is 23.5 Å². The molecule has 0 aromatic carbocycles. The molecule has 33 heavy (non-hydrogen) atoms. The quantitative estimate of drug-likeness (QED) is 0.168. The number of amidine groups is 1. The lowest BCUT2D eigenvalue weighted by molar-refractivity contribution is -0.207.